The van der Waals surface area contributed by atoms with Gasteiger partial charge in [0.1, 0.15) is 17.5 Å². The average molecular weight is 416 g/mol. The number of nitrogens with zero attached hydrogens (tertiary/aromatic N) is 4. The Kier molecular flexibility index (Phi) is 5.23. The fraction of sp³-hybridized carbons (Fsp3) is 0.263. The minimum atomic E-state index is -0.183. The molecule has 9 heteroatoms. The van der Waals surface area contributed by atoms with Gasteiger partial charge in [-0.25, -0.2) is 9.97 Å². The number of aryl methyl sites for hydroxylation is 1. The molecule has 0 saturated heterocycles. The summed E-state index contributed by atoms with van der Waals surface area (Å²) in [5, 5.41) is 8.15. The van der Waals surface area contributed by atoms with Gasteiger partial charge in [0.15, 0.2) is 5.16 Å². The summed E-state index contributed by atoms with van der Waals surface area (Å²) in [7, 11) is 1.73. The van der Waals surface area contributed by atoms with Crippen LogP contribution in [0.4, 0.5) is 0 Å². The quantitative estimate of drug-likeness (QED) is 0.509. The fourth-order valence-electron chi connectivity index (χ4n) is 3.14. The molecule has 0 unspecified atom stereocenters. The Hall–Kier alpha value is -2.58. The Morgan fingerprint density at radius 2 is 2.25 bits per heavy atom. The van der Waals surface area contributed by atoms with E-state index in [-0.39, 0.29) is 12.0 Å². The van der Waals surface area contributed by atoms with Gasteiger partial charge in [-0.05, 0) is 30.5 Å². The van der Waals surface area contributed by atoms with E-state index in [2.05, 4.69) is 20.4 Å². The van der Waals surface area contributed by atoms with Crippen molar-refractivity contribution in [3.8, 4) is 17.0 Å². The molecule has 3 aromatic rings. The van der Waals surface area contributed by atoms with Gasteiger partial charge in [-0.3, -0.25) is 9.48 Å². The Balaban J connectivity index is 1.48. The molecule has 144 valence electrons. The van der Waals surface area contributed by atoms with Crippen molar-refractivity contribution in [3.05, 3.63) is 52.9 Å². The molecule has 1 aliphatic heterocycles. The van der Waals surface area contributed by atoms with Gasteiger partial charge in [-0.2, -0.15) is 5.10 Å². The van der Waals surface area contributed by atoms with Crippen LogP contribution in [0.25, 0.3) is 11.3 Å². The second-order valence-corrected chi connectivity index (χ2v) is 7.55. The Bertz CT molecular complexity index is 1040. The number of aromatic nitrogens is 4. The second kappa shape index (κ2) is 7.81. The van der Waals surface area contributed by atoms with Gasteiger partial charge in [-0.1, -0.05) is 23.4 Å². The van der Waals surface area contributed by atoms with Crippen LogP contribution in [0.5, 0.6) is 5.75 Å². The van der Waals surface area contributed by atoms with E-state index in [1.54, 1.807) is 25.5 Å². The maximum atomic E-state index is 12.3. The first-order valence-corrected chi connectivity index (χ1v) is 10.3. The number of hydrogen-bond acceptors (Lipinski definition) is 6. The predicted molar refractivity (Wildman–Crippen MR) is 108 cm³/mol. The molecule has 1 N–H and O–H groups in total. The lowest BCUT2D eigenvalue weighted by atomic mass is 10.0. The van der Waals surface area contributed by atoms with E-state index in [1.807, 2.05) is 24.5 Å². The zero-order chi connectivity index (χ0) is 19.7. The maximum absolute atomic E-state index is 12.3. The van der Waals surface area contributed by atoms with Crippen molar-refractivity contribution in [2.75, 3.05) is 12.8 Å². The van der Waals surface area contributed by atoms with E-state index in [0.717, 1.165) is 16.8 Å². The van der Waals surface area contributed by atoms with E-state index >= 15 is 0 Å². The van der Waals surface area contributed by atoms with Crippen LogP contribution in [0.3, 0.4) is 0 Å². The lowest BCUT2D eigenvalue weighted by Gasteiger charge is -2.12. The van der Waals surface area contributed by atoms with E-state index in [4.69, 9.17) is 16.3 Å². The molecule has 7 nitrogen and oxygen atoms in total. The highest BCUT2D eigenvalue weighted by atomic mass is 35.5. The number of thioether (sulfide) groups is 1. The summed E-state index contributed by atoms with van der Waals surface area (Å²) in [6.07, 6.45) is 5.75. The molecule has 4 rings (SSSR count). The number of benzene rings is 1. The van der Waals surface area contributed by atoms with E-state index in [9.17, 15) is 4.79 Å². The fourth-order valence-corrected chi connectivity index (χ4v) is 3.78. The topological polar surface area (TPSA) is 81.9 Å². The minimum Gasteiger partial charge on any atom is -0.486 e. The molecule has 0 aliphatic carbocycles. The first-order valence-electron chi connectivity index (χ1n) is 8.68. The van der Waals surface area contributed by atoms with E-state index in [1.165, 1.54) is 16.4 Å². The van der Waals surface area contributed by atoms with Gasteiger partial charge in [0.25, 0.3) is 5.91 Å². The predicted octanol–water partition coefficient (Wildman–Crippen LogP) is 2.99. The zero-order valence-corrected chi connectivity index (χ0v) is 16.9. The molecule has 0 saturated carbocycles. The third-order valence-electron chi connectivity index (χ3n) is 4.51. The lowest BCUT2D eigenvalue weighted by molar-refractivity contribution is 0.0924. The number of nitrogens with one attached hydrogen (secondary N) is 1. The second-order valence-electron chi connectivity index (χ2n) is 6.37. The monoisotopic (exact) mass is 415 g/mol. The van der Waals surface area contributed by atoms with Crippen molar-refractivity contribution < 1.29 is 9.53 Å². The van der Waals surface area contributed by atoms with Gasteiger partial charge in [-0.15, -0.1) is 0 Å². The van der Waals surface area contributed by atoms with Crippen molar-refractivity contribution in [1.29, 1.82) is 0 Å². The number of hydrogen-bond donors (Lipinski definition) is 1. The van der Waals surface area contributed by atoms with E-state index < -0.39 is 0 Å². The molecule has 1 aromatic carbocycles. The molecule has 0 spiro atoms. The minimum absolute atomic E-state index is 0.174. The van der Waals surface area contributed by atoms with Crippen molar-refractivity contribution in [1.82, 2.24) is 25.1 Å². The van der Waals surface area contributed by atoms with Crippen LogP contribution in [0.15, 0.2) is 41.8 Å². The average Bonchev–Trinajstić information content (AvgIpc) is 3.32. The van der Waals surface area contributed by atoms with Crippen molar-refractivity contribution in [3.63, 3.8) is 0 Å². The Morgan fingerprint density at radius 3 is 3.00 bits per heavy atom. The highest BCUT2D eigenvalue weighted by Crippen LogP contribution is 2.39. The summed E-state index contributed by atoms with van der Waals surface area (Å²) >= 11 is 7.95. The summed E-state index contributed by atoms with van der Waals surface area (Å²) in [6, 6.07) is 7.42. The number of carbonyl (C=O) groups is 1. The van der Waals surface area contributed by atoms with Crippen LogP contribution in [0.1, 0.15) is 16.1 Å². The van der Waals surface area contributed by atoms with Crippen LogP contribution in [-0.2, 0) is 13.5 Å². The number of ether oxygens (including phenoxy) is 1. The van der Waals surface area contributed by atoms with Crippen LogP contribution in [0, 0.1) is 0 Å². The molecule has 1 amide bonds. The van der Waals surface area contributed by atoms with Crippen LogP contribution in [-0.4, -0.2) is 44.6 Å². The Morgan fingerprint density at radius 1 is 1.39 bits per heavy atom. The van der Waals surface area contributed by atoms with Crippen molar-refractivity contribution >= 4 is 29.3 Å². The summed E-state index contributed by atoms with van der Waals surface area (Å²) in [5.74, 6) is 0.487. The summed E-state index contributed by atoms with van der Waals surface area (Å²) < 4.78 is 7.50. The van der Waals surface area contributed by atoms with Gasteiger partial charge in [0, 0.05) is 37.0 Å². The SMILES string of the molecule is CSc1nccc(-c2cc(Cl)c3c(c2)C[C@@H](CNC(=O)c2ccnn2C)O3)n1. The van der Waals surface area contributed by atoms with Gasteiger partial charge in [0.2, 0.25) is 0 Å². The van der Waals surface area contributed by atoms with Crippen molar-refractivity contribution in [2.45, 2.75) is 17.7 Å². The molecule has 1 aliphatic rings. The Labute approximate surface area is 171 Å². The number of carbonyl (C=O) groups excluding carboxylic acids is 1. The molecule has 0 radical (unpaired) electrons. The molecule has 0 bridgehead atoms. The molecular formula is C19H18ClN5O2S. The third kappa shape index (κ3) is 3.70. The summed E-state index contributed by atoms with van der Waals surface area (Å²) in [5.41, 5.74) is 3.25. The lowest BCUT2D eigenvalue weighted by Crippen LogP contribution is -2.35. The smallest absolute Gasteiger partial charge is 0.269 e. The largest absolute Gasteiger partial charge is 0.486 e. The summed E-state index contributed by atoms with van der Waals surface area (Å²) in [4.78, 5) is 21.0. The highest BCUT2D eigenvalue weighted by Gasteiger charge is 2.27. The molecule has 1 atom stereocenters. The third-order valence-corrected chi connectivity index (χ3v) is 5.35. The van der Waals surface area contributed by atoms with Crippen LogP contribution in [0.2, 0.25) is 5.02 Å². The maximum Gasteiger partial charge on any atom is 0.269 e. The normalized spacial score (nSPS) is 15.2. The molecule has 2 aromatic heterocycles. The van der Waals surface area contributed by atoms with Crippen LogP contribution >= 0.6 is 23.4 Å². The number of halogens is 1. The molecule has 28 heavy (non-hydrogen) atoms. The standard InChI is InChI=1S/C19H18ClN5O2S/c1-25-16(4-6-23-25)18(26)22-10-13-8-12-7-11(9-14(20)17(12)27-13)15-3-5-21-19(24-15)28-2/h3-7,9,13H,8,10H2,1-2H3,(H,22,26)/t13-/m0/s1. The number of rotatable bonds is 5. The highest BCUT2D eigenvalue weighted by molar-refractivity contribution is 7.98. The van der Waals surface area contributed by atoms with Gasteiger partial charge < -0.3 is 10.1 Å². The van der Waals surface area contributed by atoms with Gasteiger partial charge >= 0.3 is 0 Å². The molecular weight excluding hydrogens is 398 g/mol. The first kappa shape index (κ1) is 18.8. The first-order chi connectivity index (χ1) is 13.5. The molecule has 3 heterocycles. The van der Waals surface area contributed by atoms with Crippen LogP contribution < -0.4 is 10.1 Å². The number of fused-ring (bicyclic) bond motifs is 1. The number of amides is 1. The zero-order valence-electron chi connectivity index (χ0n) is 15.3. The van der Waals surface area contributed by atoms with Gasteiger partial charge in [0.05, 0.1) is 17.3 Å². The summed E-state index contributed by atoms with van der Waals surface area (Å²) in [6.45, 7) is 0.383. The van der Waals surface area contributed by atoms with E-state index in [0.29, 0.717) is 34.6 Å². The molecule has 0 fully saturated rings. The van der Waals surface area contributed by atoms with Crippen molar-refractivity contribution in [2.24, 2.45) is 7.05 Å².